The van der Waals surface area contributed by atoms with Gasteiger partial charge in [-0.25, -0.2) is 4.39 Å². The molecule has 1 amide bonds. The molecular weight excluding hydrogens is 319 g/mol. The molecule has 5 nitrogen and oxygen atoms in total. The maximum atomic E-state index is 15.1. The van der Waals surface area contributed by atoms with Crippen molar-refractivity contribution in [3.63, 3.8) is 0 Å². The predicted molar refractivity (Wildman–Crippen MR) is 94.7 cm³/mol. The fraction of sp³-hybridized carbons (Fsp3) is 0.895. The number of likely N-dealkylation sites (tertiary alicyclic amines) is 2. The summed E-state index contributed by atoms with van der Waals surface area (Å²) in [7, 11) is 0. The summed E-state index contributed by atoms with van der Waals surface area (Å²) in [5, 5.41) is 12.8. The van der Waals surface area contributed by atoms with Gasteiger partial charge in [-0.05, 0) is 71.1 Å². The van der Waals surface area contributed by atoms with Crippen molar-refractivity contribution in [3.8, 4) is 6.07 Å². The van der Waals surface area contributed by atoms with Crippen LogP contribution in [0.25, 0.3) is 0 Å². The van der Waals surface area contributed by atoms with E-state index in [0.717, 1.165) is 19.6 Å². The van der Waals surface area contributed by atoms with Crippen molar-refractivity contribution < 1.29 is 9.18 Å². The van der Waals surface area contributed by atoms with Gasteiger partial charge in [0, 0.05) is 19.6 Å². The Balaban J connectivity index is 1.50. The third kappa shape index (κ3) is 4.32. The molecule has 3 aliphatic rings. The standard InChI is InChI=1S/C19H31FN4O/c20-19(6-13-23-11-2-1-3-12-23)7-14-24(15-8-19)17(25)18(16-21)4-9-22-10-5-18/h22H,1-15H2. The van der Waals surface area contributed by atoms with Crippen LogP contribution in [0.1, 0.15) is 51.4 Å². The Bertz CT molecular complexity index is 498. The minimum atomic E-state index is -1.15. The van der Waals surface area contributed by atoms with Crippen LogP contribution in [0.15, 0.2) is 0 Å². The molecule has 0 bridgehead atoms. The monoisotopic (exact) mass is 350 g/mol. The molecule has 25 heavy (non-hydrogen) atoms. The third-order valence-corrected chi connectivity index (χ3v) is 6.35. The molecular formula is C19H31FN4O. The number of rotatable bonds is 4. The number of hydrogen-bond acceptors (Lipinski definition) is 4. The van der Waals surface area contributed by atoms with Crippen molar-refractivity contribution in [2.75, 3.05) is 45.8 Å². The molecule has 6 heteroatoms. The molecule has 0 saturated carbocycles. The number of nitriles is 1. The molecule has 3 rings (SSSR count). The van der Waals surface area contributed by atoms with Crippen molar-refractivity contribution in [2.45, 2.75) is 57.0 Å². The van der Waals surface area contributed by atoms with Crippen LogP contribution in [-0.2, 0) is 4.79 Å². The van der Waals surface area contributed by atoms with Crippen LogP contribution < -0.4 is 5.32 Å². The molecule has 0 aliphatic carbocycles. The number of alkyl halides is 1. The van der Waals surface area contributed by atoms with E-state index in [9.17, 15) is 10.1 Å². The second kappa shape index (κ2) is 8.01. The second-order valence-electron chi connectivity index (χ2n) is 8.04. The van der Waals surface area contributed by atoms with E-state index in [1.165, 1.54) is 19.3 Å². The Morgan fingerprint density at radius 1 is 1.04 bits per heavy atom. The lowest BCUT2D eigenvalue weighted by Crippen LogP contribution is -2.53. The smallest absolute Gasteiger partial charge is 0.243 e. The Labute approximate surface area is 150 Å². The highest BCUT2D eigenvalue weighted by atomic mass is 19.1. The Hall–Kier alpha value is -1.19. The highest BCUT2D eigenvalue weighted by Gasteiger charge is 2.45. The van der Waals surface area contributed by atoms with Crippen LogP contribution in [0.2, 0.25) is 0 Å². The average molecular weight is 350 g/mol. The molecule has 0 aromatic rings. The summed E-state index contributed by atoms with van der Waals surface area (Å²) in [5.41, 5.74) is -2.04. The first kappa shape index (κ1) is 18.6. The van der Waals surface area contributed by atoms with Gasteiger partial charge in [0.1, 0.15) is 11.1 Å². The molecule has 140 valence electrons. The van der Waals surface area contributed by atoms with Crippen LogP contribution >= 0.6 is 0 Å². The largest absolute Gasteiger partial charge is 0.341 e. The van der Waals surface area contributed by atoms with Crippen molar-refractivity contribution in [2.24, 2.45) is 5.41 Å². The van der Waals surface area contributed by atoms with Crippen LogP contribution in [-0.4, -0.2) is 67.2 Å². The van der Waals surface area contributed by atoms with Gasteiger partial charge >= 0.3 is 0 Å². The number of nitrogens with zero attached hydrogens (tertiary/aromatic N) is 3. The number of nitrogens with one attached hydrogen (secondary N) is 1. The van der Waals surface area contributed by atoms with Crippen molar-refractivity contribution in [1.29, 1.82) is 5.26 Å². The van der Waals surface area contributed by atoms with Crippen LogP contribution in [0.5, 0.6) is 0 Å². The molecule has 1 N–H and O–H groups in total. The van der Waals surface area contributed by atoms with E-state index in [2.05, 4.69) is 16.3 Å². The first-order valence-electron chi connectivity index (χ1n) is 9.90. The van der Waals surface area contributed by atoms with E-state index in [1.807, 2.05) is 0 Å². The molecule has 3 heterocycles. The van der Waals surface area contributed by atoms with Gasteiger partial charge in [0.15, 0.2) is 0 Å². The molecule has 3 aliphatic heterocycles. The highest BCUT2D eigenvalue weighted by Crippen LogP contribution is 2.35. The SMILES string of the molecule is N#CC1(C(=O)N2CCC(F)(CCN3CCCCC3)CC2)CCNCC1. The molecule has 0 spiro atoms. The number of amides is 1. The van der Waals surface area contributed by atoms with Crippen molar-refractivity contribution in [1.82, 2.24) is 15.1 Å². The molecule has 0 radical (unpaired) electrons. The van der Waals surface area contributed by atoms with Crippen molar-refractivity contribution >= 4 is 5.91 Å². The summed E-state index contributed by atoms with van der Waals surface area (Å²) in [6, 6.07) is 2.27. The maximum absolute atomic E-state index is 15.1. The van der Waals surface area contributed by atoms with E-state index in [1.54, 1.807) is 4.90 Å². The number of piperidine rings is 3. The predicted octanol–water partition coefficient (Wildman–Crippen LogP) is 2.09. The third-order valence-electron chi connectivity index (χ3n) is 6.35. The number of hydrogen-bond donors (Lipinski definition) is 1. The summed E-state index contributed by atoms with van der Waals surface area (Å²) in [4.78, 5) is 17.0. The summed E-state index contributed by atoms with van der Waals surface area (Å²) in [6.45, 7) is 5.33. The van der Waals surface area contributed by atoms with Crippen LogP contribution in [0.4, 0.5) is 4.39 Å². The lowest BCUT2D eigenvalue weighted by atomic mass is 9.78. The summed E-state index contributed by atoms with van der Waals surface area (Å²) in [5.74, 6) is -0.0745. The zero-order valence-corrected chi connectivity index (χ0v) is 15.2. The fourth-order valence-electron chi connectivity index (χ4n) is 4.43. The number of carbonyl (C=O) groups excluding carboxylic acids is 1. The Kier molecular flexibility index (Phi) is 5.96. The minimum Gasteiger partial charge on any atom is -0.341 e. The van der Waals surface area contributed by atoms with Gasteiger partial charge in [0.05, 0.1) is 6.07 Å². The number of carbonyl (C=O) groups is 1. The summed E-state index contributed by atoms with van der Waals surface area (Å²) in [6.07, 6.45) is 6.27. The average Bonchev–Trinajstić information content (AvgIpc) is 2.68. The van der Waals surface area contributed by atoms with Crippen molar-refractivity contribution in [3.05, 3.63) is 0 Å². The summed E-state index contributed by atoms with van der Waals surface area (Å²) >= 11 is 0. The van der Waals surface area contributed by atoms with E-state index in [-0.39, 0.29) is 5.91 Å². The van der Waals surface area contributed by atoms with E-state index in [0.29, 0.717) is 58.3 Å². The fourth-order valence-corrected chi connectivity index (χ4v) is 4.43. The molecule has 0 aromatic carbocycles. The highest BCUT2D eigenvalue weighted by molar-refractivity contribution is 5.85. The topological polar surface area (TPSA) is 59.4 Å². The minimum absolute atomic E-state index is 0.0745. The lowest BCUT2D eigenvalue weighted by Gasteiger charge is -2.41. The van der Waals surface area contributed by atoms with Gasteiger partial charge in [0.2, 0.25) is 5.91 Å². The zero-order chi connectivity index (χ0) is 17.8. The quantitative estimate of drug-likeness (QED) is 0.843. The molecule has 0 unspecified atom stereocenters. The molecule has 3 fully saturated rings. The molecule has 0 atom stereocenters. The van der Waals surface area contributed by atoms with Gasteiger partial charge < -0.3 is 15.1 Å². The first-order chi connectivity index (χ1) is 12.1. The van der Waals surface area contributed by atoms with Gasteiger partial charge in [-0.1, -0.05) is 6.42 Å². The Morgan fingerprint density at radius 2 is 1.68 bits per heavy atom. The van der Waals surface area contributed by atoms with E-state index in [4.69, 9.17) is 0 Å². The van der Waals surface area contributed by atoms with Crippen LogP contribution in [0, 0.1) is 16.7 Å². The molecule has 0 aromatic heterocycles. The van der Waals surface area contributed by atoms with Gasteiger partial charge in [-0.2, -0.15) is 5.26 Å². The Morgan fingerprint density at radius 3 is 2.28 bits per heavy atom. The lowest BCUT2D eigenvalue weighted by molar-refractivity contribution is -0.143. The van der Waals surface area contributed by atoms with E-state index >= 15 is 4.39 Å². The molecule has 3 saturated heterocycles. The van der Waals surface area contributed by atoms with Crippen LogP contribution in [0.3, 0.4) is 0 Å². The normalized spacial score (nSPS) is 26.8. The van der Waals surface area contributed by atoms with Gasteiger partial charge in [-0.3, -0.25) is 4.79 Å². The maximum Gasteiger partial charge on any atom is 0.243 e. The zero-order valence-electron chi connectivity index (χ0n) is 15.2. The van der Waals surface area contributed by atoms with E-state index < -0.39 is 11.1 Å². The summed E-state index contributed by atoms with van der Waals surface area (Å²) < 4.78 is 15.1. The second-order valence-corrected chi connectivity index (χ2v) is 8.04. The first-order valence-corrected chi connectivity index (χ1v) is 9.90. The number of halogens is 1. The van der Waals surface area contributed by atoms with Gasteiger partial charge in [0.25, 0.3) is 0 Å². The van der Waals surface area contributed by atoms with Gasteiger partial charge in [-0.15, -0.1) is 0 Å².